The average Bonchev–Trinajstić information content (AvgIpc) is 3.12. The molecule has 2 aromatic rings. The van der Waals surface area contributed by atoms with Gasteiger partial charge in [-0.05, 0) is 0 Å². The first kappa shape index (κ1) is 17.8. The number of hydrogen-bond donors (Lipinski definition) is 5. The fourth-order valence-electron chi connectivity index (χ4n) is 2.53. The molecule has 6 N–H and O–H groups in total. The summed E-state index contributed by atoms with van der Waals surface area (Å²) < 4.78 is 7.06. The van der Waals surface area contributed by atoms with Crippen LogP contribution >= 0.6 is 11.8 Å². The van der Waals surface area contributed by atoms with E-state index >= 15 is 0 Å². The van der Waals surface area contributed by atoms with Crippen molar-refractivity contribution in [3.63, 3.8) is 0 Å². The Kier molecular flexibility index (Phi) is 5.06. The summed E-state index contributed by atoms with van der Waals surface area (Å²) in [7, 11) is 0. The summed E-state index contributed by atoms with van der Waals surface area (Å²) in [5.41, 5.74) is 5.31. The van der Waals surface area contributed by atoms with Crippen molar-refractivity contribution in [3.8, 4) is 0 Å². The van der Waals surface area contributed by atoms with Crippen molar-refractivity contribution in [2.45, 2.75) is 30.6 Å². The number of aliphatic carboxylic acids is 1. The van der Waals surface area contributed by atoms with Crippen LogP contribution in [0.15, 0.2) is 17.4 Å². The van der Waals surface area contributed by atoms with Gasteiger partial charge in [-0.15, -0.1) is 0 Å². The molecule has 3 heterocycles. The largest absolute Gasteiger partial charge is 0.480 e. The van der Waals surface area contributed by atoms with Crippen molar-refractivity contribution >= 4 is 28.9 Å². The molecule has 1 fully saturated rings. The predicted octanol–water partition coefficient (Wildman–Crippen LogP) is -2.12. The van der Waals surface area contributed by atoms with Gasteiger partial charge < -0.3 is 30.8 Å². The number of aliphatic hydroxyl groups excluding tert-OH is 2. The van der Waals surface area contributed by atoms with Crippen LogP contribution in [-0.4, -0.2) is 76.7 Å². The third kappa shape index (κ3) is 3.39. The number of carboxylic acids is 1. The molecule has 1 saturated heterocycles. The Bertz CT molecular complexity index is 825. The SMILES string of the molecule is NC(CSC[C@H]1O[C@@H](n2cnc3c(=O)[nH]cnc32)[C@H](O)[C@@H]1O)C(=O)O. The zero-order valence-corrected chi connectivity index (χ0v) is 13.7. The maximum Gasteiger partial charge on any atom is 0.321 e. The number of carbonyl (C=O) groups is 1. The third-order valence-electron chi connectivity index (χ3n) is 3.87. The van der Waals surface area contributed by atoms with Gasteiger partial charge in [0, 0.05) is 11.5 Å². The summed E-state index contributed by atoms with van der Waals surface area (Å²) in [5, 5.41) is 29.2. The van der Waals surface area contributed by atoms with E-state index in [1.807, 2.05) is 0 Å². The Balaban J connectivity index is 1.72. The first-order chi connectivity index (χ1) is 11.9. The van der Waals surface area contributed by atoms with E-state index in [-0.39, 0.29) is 22.7 Å². The van der Waals surface area contributed by atoms with Crippen LogP contribution in [0.5, 0.6) is 0 Å². The molecule has 0 aliphatic carbocycles. The topological polar surface area (TPSA) is 177 Å². The highest BCUT2D eigenvalue weighted by atomic mass is 32.2. The molecular weight excluding hydrogens is 354 g/mol. The number of aromatic amines is 1. The van der Waals surface area contributed by atoms with E-state index in [2.05, 4.69) is 15.0 Å². The van der Waals surface area contributed by atoms with Crippen molar-refractivity contribution in [1.82, 2.24) is 19.5 Å². The number of hydrogen-bond acceptors (Lipinski definition) is 9. The number of ether oxygens (including phenoxy) is 1. The van der Waals surface area contributed by atoms with Gasteiger partial charge in [0.15, 0.2) is 17.4 Å². The molecule has 12 heteroatoms. The summed E-state index contributed by atoms with van der Waals surface area (Å²) >= 11 is 1.20. The van der Waals surface area contributed by atoms with Gasteiger partial charge >= 0.3 is 5.97 Å². The number of H-pyrrole nitrogens is 1. The van der Waals surface area contributed by atoms with Crippen LogP contribution in [0.1, 0.15) is 6.23 Å². The fourth-order valence-corrected chi connectivity index (χ4v) is 3.57. The van der Waals surface area contributed by atoms with Gasteiger partial charge in [0.25, 0.3) is 5.56 Å². The van der Waals surface area contributed by atoms with Crippen LogP contribution in [0.4, 0.5) is 0 Å². The Morgan fingerprint density at radius 1 is 1.44 bits per heavy atom. The van der Waals surface area contributed by atoms with E-state index in [9.17, 15) is 19.8 Å². The lowest BCUT2D eigenvalue weighted by molar-refractivity contribution is -0.137. The molecule has 5 atom stereocenters. The first-order valence-electron chi connectivity index (χ1n) is 7.38. The minimum Gasteiger partial charge on any atom is -0.480 e. The van der Waals surface area contributed by atoms with Crippen molar-refractivity contribution in [1.29, 1.82) is 0 Å². The summed E-state index contributed by atoms with van der Waals surface area (Å²) in [6.07, 6.45) is -1.61. The number of thioether (sulfide) groups is 1. The second-order valence-corrected chi connectivity index (χ2v) is 6.66. The molecule has 0 amide bonds. The lowest BCUT2D eigenvalue weighted by Gasteiger charge is -2.16. The highest BCUT2D eigenvalue weighted by Crippen LogP contribution is 2.32. The van der Waals surface area contributed by atoms with E-state index in [1.165, 1.54) is 29.0 Å². The fraction of sp³-hybridized carbons (Fsp3) is 0.538. The number of imidazole rings is 1. The molecule has 0 saturated carbocycles. The lowest BCUT2D eigenvalue weighted by atomic mass is 10.1. The zero-order chi connectivity index (χ0) is 18.1. The van der Waals surface area contributed by atoms with Crippen LogP contribution in [0, 0.1) is 0 Å². The predicted molar refractivity (Wildman–Crippen MR) is 87.0 cm³/mol. The van der Waals surface area contributed by atoms with Gasteiger partial charge in [0.2, 0.25) is 0 Å². The molecule has 2 aromatic heterocycles. The molecule has 1 unspecified atom stereocenters. The number of nitrogens with two attached hydrogens (primary N) is 1. The number of nitrogens with zero attached hydrogens (tertiary/aromatic N) is 3. The number of nitrogens with one attached hydrogen (secondary N) is 1. The molecule has 136 valence electrons. The third-order valence-corrected chi connectivity index (χ3v) is 5.03. The Hall–Kier alpha value is -1.99. The van der Waals surface area contributed by atoms with Gasteiger partial charge in [0.1, 0.15) is 18.2 Å². The van der Waals surface area contributed by atoms with Crippen LogP contribution < -0.4 is 11.3 Å². The van der Waals surface area contributed by atoms with Gasteiger partial charge in [-0.2, -0.15) is 11.8 Å². The van der Waals surface area contributed by atoms with Crippen molar-refractivity contribution in [2.24, 2.45) is 5.73 Å². The number of rotatable bonds is 6. The van der Waals surface area contributed by atoms with E-state index in [1.54, 1.807) is 0 Å². The van der Waals surface area contributed by atoms with Crippen LogP contribution in [0.3, 0.4) is 0 Å². The summed E-state index contributed by atoms with van der Waals surface area (Å²) in [5.74, 6) is -0.719. The Labute approximate surface area is 144 Å². The minimum absolute atomic E-state index is 0.0954. The highest BCUT2D eigenvalue weighted by Gasteiger charge is 2.44. The standard InChI is InChI=1S/C13H17N5O6S/c14-5(13(22)23)1-25-2-6-8(19)9(20)12(24-6)18-4-17-7-10(18)15-3-16-11(7)21/h3-6,8-9,12,19-20H,1-2,14H2,(H,22,23)(H,15,16,21)/t5?,6-,8-,9-,12-/m1/s1. The molecule has 25 heavy (non-hydrogen) atoms. The van der Waals surface area contributed by atoms with Crippen LogP contribution in [0.25, 0.3) is 11.2 Å². The monoisotopic (exact) mass is 371 g/mol. The molecule has 11 nitrogen and oxygen atoms in total. The first-order valence-corrected chi connectivity index (χ1v) is 8.53. The summed E-state index contributed by atoms with van der Waals surface area (Å²) in [6, 6.07) is -1.02. The van der Waals surface area contributed by atoms with Crippen LogP contribution in [-0.2, 0) is 9.53 Å². The number of aliphatic hydroxyl groups is 2. The second kappa shape index (κ2) is 7.09. The maximum atomic E-state index is 11.7. The van der Waals surface area contributed by atoms with Gasteiger partial charge in [0.05, 0.1) is 18.8 Å². The number of carboxylic acid groups (broad SMARTS) is 1. The molecule has 0 aromatic carbocycles. The minimum atomic E-state index is -1.25. The van der Waals surface area contributed by atoms with Crippen molar-refractivity contribution in [2.75, 3.05) is 11.5 Å². The van der Waals surface area contributed by atoms with Crippen molar-refractivity contribution in [3.05, 3.63) is 23.0 Å². The molecule has 0 radical (unpaired) electrons. The maximum absolute atomic E-state index is 11.7. The van der Waals surface area contributed by atoms with E-state index in [4.69, 9.17) is 15.6 Å². The normalized spacial score (nSPS) is 27.6. The molecule has 1 aliphatic rings. The van der Waals surface area contributed by atoms with E-state index in [0.717, 1.165) is 0 Å². The molecule has 0 bridgehead atoms. The van der Waals surface area contributed by atoms with E-state index in [0.29, 0.717) is 0 Å². The van der Waals surface area contributed by atoms with Gasteiger partial charge in [-0.1, -0.05) is 0 Å². The zero-order valence-electron chi connectivity index (χ0n) is 12.8. The second-order valence-electron chi connectivity index (χ2n) is 5.58. The Morgan fingerprint density at radius 3 is 2.92 bits per heavy atom. The number of aromatic nitrogens is 4. The quantitative estimate of drug-likeness (QED) is 0.377. The molecule has 3 rings (SSSR count). The van der Waals surface area contributed by atoms with E-state index < -0.39 is 42.1 Å². The number of fused-ring (bicyclic) bond motifs is 1. The van der Waals surface area contributed by atoms with Gasteiger partial charge in [-0.3, -0.25) is 14.2 Å². The Morgan fingerprint density at radius 2 is 2.20 bits per heavy atom. The smallest absolute Gasteiger partial charge is 0.321 e. The lowest BCUT2D eigenvalue weighted by Crippen LogP contribution is -2.35. The molecular formula is C13H17N5O6S. The molecule has 1 aliphatic heterocycles. The average molecular weight is 371 g/mol. The summed E-state index contributed by atoms with van der Waals surface area (Å²) in [6.45, 7) is 0. The van der Waals surface area contributed by atoms with Gasteiger partial charge in [-0.25, -0.2) is 9.97 Å². The highest BCUT2D eigenvalue weighted by molar-refractivity contribution is 7.99. The van der Waals surface area contributed by atoms with Crippen molar-refractivity contribution < 1.29 is 24.9 Å². The van der Waals surface area contributed by atoms with Crippen LogP contribution in [0.2, 0.25) is 0 Å². The molecule has 0 spiro atoms. The summed E-state index contributed by atoms with van der Waals surface area (Å²) in [4.78, 5) is 32.8.